The second-order valence-corrected chi connectivity index (χ2v) is 8.64. The molecule has 10 heteroatoms. The maximum atomic E-state index is 12.1. The Morgan fingerprint density at radius 2 is 1.93 bits per heavy atom. The number of non-ortho nitro benzene ring substituents is 1. The van der Waals surface area contributed by atoms with Crippen molar-refractivity contribution in [1.82, 2.24) is 5.32 Å². The summed E-state index contributed by atoms with van der Waals surface area (Å²) in [4.78, 5) is 22.3. The molecule has 2 aromatic rings. The van der Waals surface area contributed by atoms with E-state index in [-0.39, 0.29) is 36.7 Å². The van der Waals surface area contributed by atoms with E-state index in [2.05, 4.69) is 5.32 Å². The molecule has 2 rings (SSSR count). The molecule has 1 N–H and O–H groups in total. The number of benzene rings is 2. The highest BCUT2D eigenvalue weighted by Gasteiger charge is 2.19. The molecular formula is C20H25N3O6S. The van der Waals surface area contributed by atoms with Crippen molar-refractivity contribution >= 4 is 27.3 Å². The fourth-order valence-corrected chi connectivity index (χ4v) is 3.74. The van der Waals surface area contributed by atoms with Gasteiger partial charge >= 0.3 is 0 Å². The van der Waals surface area contributed by atoms with Crippen LogP contribution in [-0.4, -0.2) is 45.2 Å². The number of sulfonamides is 1. The molecule has 9 nitrogen and oxygen atoms in total. The summed E-state index contributed by atoms with van der Waals surface area (Å²) in [5, 5.41) is 13.7. The molecule has 0 aliphatic rings. The average Bonchev–Trinajstić information content (AvgIpc) is 2.68. The first-order valence-electron chi connectivity index (χ1n) is 9.35. The lowest BCUT2D eigenvalue weighted by Gasteiger charge is -2.22. The Morgan fingerprint density at radius 3 is 2.60 bits per heavy atom. The van der Waals surface area contributed by atoms with Crippen LogP contribution in [0.1, 0.15) is 18.4 Å². The van der Waals surface area contributed by atoms with Crippen LogP contribution in [0.3, 0.4) is 0 Å². The zero-order valence-corrected chi connectivity index (χ0v) is 17.7. The zero-order valence-electron chi connectivity index (χ0n) is 16.9. The molecule has 0 aromatic heterocycles. The van der Waals surface area contributed by atoms with Crippen LogP contribution in [0.15, 0.2) is 48.5 Å². The van der Waals surface area contributed by atoms with Gasteiger partial charge in [0.15, 0.2) is 0 Å². The van der Waals surface area contributed by atoms with Crippen LogP contribution >= 0.6 is 0 Å². The van der Waals surface area contributed by atoms with Crippen LogP contribution in [0.2, 0.25) is 0 Å². The van der Waals surface area contributed by atoms with Gasteiger partial charge in [-0.1, -0.05) is 18.2 Å². The molecule has 0 saturated carbocycles. The van der Waals surface area contributed by atoms with Gasteiger partial charge < -0.3 is 10.1 Å². The lowest BCUT2D eigenvalue weighted by molar-refractivity contribution is -0.384. The van der Waals surface area contributed by atoms with E-state index in [1.54, 1.807) is 0 Å². The largest absolute Gasteiger partial charge is 0.492 e. The minimum Gasteiger partial charge on any atom is -0.492 e. The molecule has 0 atom stereocenters. The number of ether oxygens (including phenoxy) is 1. The van der Waals surface area contributed by atoms with E-state index in [9.17, 15) is 23.3 Å². The number of anilines is 1. The fraction of sp³-hybridized carbons (Fsp3) is 0.350. The molecule has 2 aromatic carbocycles. The zero-order chi connectivity index (χ0) is 22.1. The van der Waals surface area contributed by atoms with Crippen molar-refractivity contribution in [2.45, 2.75) is 19.8 Å². The summed E-state index contributed by atoms with van der Waals surface area (Å²) in [7, 11) is -3.65. The Hall–Kier alpha value is -3.14. The molecule has 1 amide bonds. The summed E-state index contributed by atoms with van der Waals surface area (Å²) in [6, 6.07) is 13.0. The standard InChI is InChI=1S/C20H25N3O6S/c1-16-6-3-9-19(14-16)29-13-11-21-20(24)10-5-12-22(30(2,27)28)17-7-4-8-18(15-17)23(25)26/h3-4,6-9,14-15H,5,10-13H2,1-2H3,(H,21,24). The third kappa shape index (κ3) is 7.36. The topological polar surface area (TPSA) is 119 Å². The van der Waals surface area contributed by atoms with E-state index >= 15 is 0 Å². The number of carbonyl (C=O) groups excluding carboxylic acids is 1. The van der Waals surface area contributed by atoms with E-state index in [1.807, 2.05) is 31.2 Å². The third-order valence-corrected chi connectivity index (χ3v) is 5.37. The van der Waals surface area contributed by atoms with Gasteiger partial charge in [0.1, 0.15) is 12.4 Å². The normalized spacial score (nSPS) is 11.0. The molecule has 0 radical (unpaired) electrons. The third-order valence-electron chi connectivity index (χ3n) is 4.18. The summed E-state index contributed by atoms with van der Waals surface area (Å²) in [6.07, 6.45) is 1.40. The lowest BCUT2D eigenvalue weighted by atomic mass is 10.2. The minimum atomic E-state index is -3.65. The van der Waals surface area contributed by atoms with Gasteiger partial charge in [0.25, 0.3) is 5.69 Å². The van der Waals surface area contributed by atoms with Crippen molar-refractivity contribution in [2.24, 2.45) is 0 Å². The number of amides is 1. The number of nitro benzene ring substituents is 1. The van der Waals surface area contributed by atoms with Crippen LogP contribution in [0.5, 0.6) is 5.75 Å². The van der Waals surface area contributed by atoms with Gasteiger partial charge in [0.2, 0.25) is 15.9 Å². The van der Waals surface area contributed by atoms with Crippen LogP contribution in [0.4, 0.5) is 11.4 Å². The summed E-state index contributed by atoms with van der Waals surface area (Å²) in [5.41, 5.74) is 1.07. The highest BCUT2D eigenvalue weighted by molar-refractivity contribution is 7.92. The first-order chi connectivity index (χ1) is 14.2. The SMILES string of the molecule is Cc1cccc(OCCNC(=O)CCCN(c2cccc([N+](=O)[O-])c2)S(C)(=O)=O)c1. The van der Waals surface area contributed by atoms with E-state index < -0.39 is 14.9 Å². The van der Waals surface area contributed by atoms with Gasteiger partial charge in [-0.15, -0.1) is 0 Å². The van der Waals surface area contributed by atoms with Gasteiger partial charge in [-0.2, -0.15) is 0 Å². The smallest absolute Gasteiger partial charge is 0.271 e. The second kappa shape index (κ2) is 10.6. The number of aryl methyl sites for hydroxylation is 1. The monoisotopic (exact) mass is 435 g/mol. The maximum Gasteiger partial charge on any atom is 0.271 e. The quantitative estimate of drug-likeness (QED) is 0.329. The van der Waals surface area contributed by atoms with Gasteiger partial charge in [0, 0.05) is 25.1 Å². The molecule has 0 aliphatic carbocycles. The molecule has 162 valence electrons. The van der Waals surface area contributed by atoms with Gasteiger partial charge in [-0.3, -0.25) is 19.2 Å². The number of hydrogen-bond acceptors (Lipinski definition) is 6. The van der Waals surface area contributed by atoms with E-state index in [4.69, 9.17) is 4.74 Å². The number of nitro groups is 1. The molecule has 0 bridgehead atoms. The summed E-state index contributed by atoms with van der Waals surface area (Å²) in [6.45, 7) is 2.64. The maximum absolute atomic E-state index is 12.1. The molecule has 0 saturated heterocycles. The van der Waals surface area contributed by atoms with Gasteiger partial charge in [-0.05, 0) is 37.1 Å². The van der Waals surface area contributed by atoms with Crippen molar-refractivity contribution in [3.05, 3.63) is 64.2 Å². The molecule has 0 heterocycles. The lowest BCUT2D eigenvalue weighted by Crippen LogP contribution is -2.33. The number of rotatable bonds is 11. The van der Waals surface area contributed by atoms with Crippen LogP contribution in [0.25, 0.3) is 0 Å². The Morgan fingerprint density at radius 1 is 1.20 bits per heavy atom. The average molecular weight is 436 g/mol. The molecule has 0 unspecified atom stereocenters. The van der Waals surface area contributed by atoms with Crippen molar-refractivity contribution in [3.63, 3.8) is 0 Å². The van der Waals surface area contributed by atoms with Gasteiger partial charge in [0.05, 0.1) is 23.4 Å². The number of nitrogens with zero attached hydrogens (tertiary/aromatic N) is 2. The Balaban J connectivity index is 1.81. The van der Waals surface area contributed by atoms with Crippen molar-refractivity contribution < 1.29 is 22.9 Å². The Labute approximate surface area is 175 Å². The Kier molecular flexibility index (Phi) is 8.16. The highest BCUT2D eigenvalue weighted by atomic mass is 32.2. The van der Waals surface area contributed by atoms with Crippen LogP contribution in [-0.2, 0) is 14.8 Å². The van der Waals surface area contributed by atoms with E-state index in [0.717, 1.165) is 21.9 Å². The summed E-state index contributed by atoms with van der Waals surface area (Å²) >= 11 is 0. The molecular weight excluding hydrogens is 410 g/mol. The Bertz CT molecular complexity index is 994. The fourth-order valence-electron chi connectivity index (χ4n) is 2.78. The van der Waals surface area contributed by atoms with E-state index in [0.29, 0.717) is 13.2 Å². The second-order valence-electron chi connectivity index (χ2n) is 6.73. The highest BCUT2D eigenvalue weighted by Crippen LogP contribution is 2.23. The van der Waals surface area contributed by atoms with Crippen molar-refractivity contribution in [3.8, 4) is 5.75 Å². The summed E-state index contributed by atoms with van der Waals surface area (Å²) < 4.78 is 30.8. The van der Waals surface area contributed by atoms with Crippen LogP contribution in [0, 0.1) is 17.0 Å². The van der Waals surface area contributed by atoms with Crippen molar-refractivity contribution in [2.75, 3.05) is 30.3 Å². The number of nitrogens with one attached hydrogen (secondary N) is 1. The number of carbonyl (C=O) groups is 1. The van der Waals surface area contributed by atoms with Crippen LogP contribution < -0.4 is 14.4 Å². The minimum absolute atomic E-state index is 0.0349. The molecule has 0 aliphatic heterocycles. The number of hydrogen-bond donors (Lipinski definition) is 1. The predicted molar refractivity (Wildman–Crippen MR) is 114 cm³/mol. The molecule has 30 heavy (non-hydrogen) atoms. The van der Waals surface area contributed by atoms with E-state index in [1.165, 1.54) is 24.3 Å². The molecule has 0 spiro atoms. The van der Waals surface area contributed by atoms with Crippen molar-refractivity contribution in [1.29, 1.82) is 0 Å². The van der Waals surface area contributed by atoms with Gasteiger partial charge in [-0.25, -0.2) is 8.42 Å². The summed E-state index contributed by atoms with van der Waals surface area (Å²) in [5.74, 6) is 0.500. The predicted octanol–water partition coefficient (Wildman–Crippen LogP) is 2.64. The first-order valence-corrected chi connectivity index (χ1v) is 11.2. The molecule has 0 fully saturated rings. The first kappa shape index (κ1) is 23.1.